The number of aliphatic hydroxyl groups is 1. The van der Waals surface area contributed by atoms with Crippen molar-refractivity contribution in [3.63, 3.8) is 0 Å². The number of aliphatic hydroxyl groups excluding tert-OH is 1. The SMILES string of the molecule is O=C(O)NCCC(O)c1cccc(OCc2ccncc2)c1. The Kier molecular flexibility index (Phi) is 5.73. The lowest BCUT2D eigenvalue weighted by atomic mass is 10.1. The minimum Gasteiger partial charge on any atom is -0.489 e. The maximum Gasteiger partial charge on any atom is 0.404 e. The van der Waals surface area contributed by atoms with Crippen LogP contribution >= 0.6 is 0 Å². The number of carbonyl (C=O) groups is 1. The number of amides is 1. The van der Waals surface area contributed by atoms with E-state index in [9.17, 15) is 9.90 Å². The van der Waals surface area contributed by atoms with Crippen molar-refractivity contribution in [3.8, 4) is 5.75 Å². The van der Waals surface area contributed by atoms with Gasteiger partial charge >= 0.3 is 6.09 Å². The summed E-state index contributed by atoms with van der Waals surface area (Å²) >= 11 is 0. The highest BCUT2D eigenvalue weighted by Gasteiger charge is 2.09. The van der Waals surface area contributed by atoms with Crippen molar-refractivity contribution in [2.75, 3.05) is 6.54 Å². The van der Waals surface area contributed by atoms with Crippen molar-refractivity contribution in [1.82, 2.24) is 10.3 Å². The second-order valence-corrected chi connectivity index (χ2v) is 4.75. The normalized spacial score (nSPS) is 11.7. The molecule has 0 aliphatic heterocycles. The Morgan fingerprint density at radius 2 is 2.05 bits per heavy atom. The molecule has 3 N–H and O–H groups in total. The Bertz CT molecular complexity index is 604. The Hall–Kier alpha value is -2.60. The molecule has 0 saturated heterocycles. The van der Waals surface area contributed by atoms with Gasteiger partial charge in [-0.2, -0.15) is 0 Å². The van der Waals surface area contributed by atoms with Gasteiger partial charge in [0.25, 0.3) is 0 Å². The van der Waals surface area contributed by atoms with Gasteiger partial charge in [0.15, 0.2) is 0 Å². The highest BCUT2D eigenvalue weighted by atomic mass is 16.5. The molecule has 2 aromatic rings. The van der Waals surface area contributed by atoms with E-state index < -0.39 is 12.2 Å². The van der Waals surface area contributed by atoms with Gasteiger partial charge < -0.3 is 20.3 Å². The van der Waals surface area contributed by atoms with E-state index >= 15 is 0 Å². The van der Waals surface area contributed by atoms with Gasteiger partial charge in [0, 0.05) is 18.9 Å². The van der Waals surface area contributed by atoms with Crippen LogP contribution in [0.5, 0.6) is 5.75 Å². The van der Waals surface area contributed by atoms with Crippen molar-refractivity contribution in [1.29, 1.82) is 0 Å². The second kappa shape index (κ2) is 7.99. The molecule has 1 aromatic heterocycles. The van der Waals surface area contributed by atoms with Crippen LogP contribution in [0.3, 0.4) is 0 Å². The van der Waals surface area contributed by atoms with Crippen LogP contribution < -0.4 is 10.1 Å². The molecule has 0 saturated carbocycles. The highest BCUT2D eigenvalue weighted by molar-refractivity contribution is 5.64. The van der Waals surface area contributed by atoms with Crippen LogP contribution in [0.4, 0.5) is 4.79 Å². The summed E-state index contributed by atoms with van der Waals surface area (Å²) in [4.78, 5) is 14.3. The predicted octanol–water partition coefficient (Wildman–Crippen LogP) is 2.35. The zero-order valence-electron chi connectivity index (χ0n) is 12.0. The first-order chi connectivity index (χ1) is 10.6. The lowest BCUT2D eigenvalue weighted by Gasteiger charge is -2.13. The quantitative estimate of drug-likeness (QED) is 0.730. The minimum absolute atomic E-state index is 0.193. The van der Waals surface area contributed by atoms with Crippen LogP contribution in [0.25, 0.3) is 0 Å². The zero-order valence-corrected chi connectivity index (χ0v) is 12.0. The molecule has 1 aromatic carbocycles. The lowest BCUT2D eigenvalue weighted by molar-refractivity contribution is 0.161. The fourth-order valence-corrected chi connectivity index (χ4v) is 1.94. The molecule has 0 spiro atoms. The van der Waals surface area contributed by atoms with E-state index in [0.717, 1.165) is 5.56 Å². The molecule has 0 bridgehead atoms. The zero-order chi connectivity index (χ0) is 15.8. The standard InChI is InChI=1S/C16H18N2O4/c19-15(6-9-18-16(20)21)13-2-1-3-14(10-13)22-11-12-4-7-17-8-5-12/h1-5,7-8,10,15,18-19H,6,9,11H2,(H,20,21). The molecule has 0 radical (unpaired) electrons. The van der Waals surface area contributed by atoms with Gasteiger partial charge in [-0.25, -0.2) is 4.79 Å². The number of hydrogen-bond acceptors (Lipinski definition) is 4. The van der Waals surface area contributed by atoms with Gasteiger partial charge in [-0.15, -0.1) is 0 Å². The summed E-state index contributed by atoms with van der Waals surface area (Å²) in [7, 11) is 0. The molecule has 0 fully saturated rings. The summed E-state index contributed by atoms with van der Waals surface area (Å²) in [6.07, 6.45) is 1.88. The average molecular weight is 302 g/mol. The van der Waals surface area contributed by atoms with Gasteiger partial charge in [-0.1, -0.05) is 12.1 Å². The highest BCUT2D eigenvalue weighted by Crippen LogP contribution is 2.22. The molecule has 22 heavy (non-hydrogen) atoms. The Morgan fingerprint density at radius 3 is 2.77 bits per heavy atom. The molecular formula is C16H18N2O4. The van der Waals surface area contributed by atoms with Crippen LogP contribution in [-0.4, -0.2) is 27.8 Å². The number of rotatable bonds is 7. The van der Waals surface area contributed by atoms with Crippen LogP contribution in [0.1, 0.15) is 23.7 Å². The Morgan fingerprint density at radius 1 is 1.27 bits per heavy atom. The number of benzene rings is 1. The monoisotopic (exact) mass is 302 g/mol. The average Bonchev–Trinajstić information content (AvgIpc) is 2.54. The molecule has 1 unspecified atom stereocenters. The van der Waals surface area contributed by atoms with Crippen molar-refractivity contribution in [3.05, 3.63) is 59.9 Å². The lowest BCUT2D eigenvalue weighted by Crippen LogP contribution is -2.23. The van der Waals surface area contributed by atoms with Crippen molar-refractivity contribution in [2.45, 2.75) is 19.1 Å². The van der Waals surface area contributed by atoms with E-state index in [0.29, 0.717) is 24.3 Å². The van der Waals surface area contributed by atoms with Crippen LogP contribution in [0, 0.1) is 0 Å². The largest absolute Gasteiger partial charge is 0.489 e. The summed E-state index contributed by atoms with van der Waals surface area (Å²) in [5, 5.41) is 20.8. The topological polar surface area (TPSA) is 91.7 Å². The van der Waals surface area contributed by atoms with Gasteiger partial charge in [0.2, 0.25) is 0 Å². The molecule has 1 amide bonds. The maximum atomic E-state index is 10.4. The smallest absolute Gasteiger partial charge is 0.404 e. The minimum atomic E-state index is -1.10. The van der Waals surface area contributed by atoms with E-state index in [1.54, 1.807) is 30.6 Å². The number of hydrogen-bond donors (Lipinski definition) is 3. The van der Waals surface area contributed by atoms with Crippen molar-refractivity contribution in [2.24, 2.45) is 0 Å². The molecule has 0 aliphatic carbocycles. The summed E-state index contributed by atoms with van der Waals surface area (Å²) < 4.78 is 5.68. The molecule has 1 atom stereocenters. The number of aromatic nitrogens is 1. The third kappa shape index (κ3) is 5.06. The van der Waals surface area contributed by atoms with Crippen LogP contribution in [0.15, 0.2) is 48.8 Å². The molecule has 6 nitrogen and oxygen atoms in total. The Labute approximate surface area is 128 Å². The van der Waals surface area contributed by atoms with E-state index in [-0.39, 0.29) is 6.54 Å². The number of nitrogens with one attached hydrogen (secondary N) is 1. The first-order valence-corrected chi connectivity index (χ1v) is 6.91. The van der Waals surface area contributed by atoms with E-state index in [1.165, 1.54) is 0 Å². The summed E-state index contributed by atoms with van der Waals surface area (Å²) in [6.45, 7) is 0.612. The molecule has 116 valence electrons. The van der Waals surface area contributed by atoms with Crippen LogP contribution in [0.2, 0.25) is 0 Å². The third-order valence-electron chi connectivity index (χ3n) is 3.09. The van der Waals surface area contributed by atoms with Crippen molar-refractivity contribution < 1.29 is 19.7 Å². The first-order valence-electron chi connectivity index (χ1n) is 6.91. The summed E-state index contributed by atoms with van der Waals surface area (Å²) in [5.74, 6) is 0.652. The number of carboxylic acid groups (broad SMARTS) is 1. The van der Waals surface area contributed by atoms with Crippen molar-refractivity contribution >= 4 is 6.09 Å². The maximum absolute atomic E-state index is 10.4. The van der Waals surface area contributed by atoms with Gasteiger partial charge in [0.05, 0.1) is 6.10 Å². The van der Waals surface area contributed by atoms with Crippen LogP contribution in [-0.2, 0) is 6.61 Å². The summed E-state index contributed by atoms with van der Waals surface area (Å²) in [5.41, 5.74) is 1.70. The van der Waals surface area contributed by atoms with Gasteiger partial charge in [0.1, 0.15) is 12.4 Å². The molecule has 0 aliphatic rings. The van der Waals surface area contributed by atoms with Gasteiger partial charge in [-0.3, -0.25) is 4.98 Å². The molecule has 6 heteroatoms. The third-order valence-corrected chi connectivity index (χ3v) is 3.09. The van der Waals surface area contributed by atoms with Gasteiger partial charge in [-0.05, 0) is 41.8 Å². The fourth-order valence-electron chi connectivity index (χ4n) is 1.94. The summed E-state index contributed by atoms with van der Waals surface area (Å²) in [6, 6.07) is 10.9. The number of nitrogens with zero attached hydrogens (tertiary/aromatic N) is 1. The fraction of sp³-hybridized carbons (Fsp3) is 0.250. The molecule has 1 heterocycles. The molecular weight excluding hydrogens is 284 g/mol. The number of ether oxygens (including phenoxy) is 1. The Balaban J connectivity index is 1.90. The second-order valence-electron chi connectivity index (χ2n) is 4.75. The van der Waals surface area contributed by atoms with E-state index in [1.807, 2.05) is 18.2 Å². The predicted molar refractivity (Wildman–Crippen MR) is 80.6 cm³/mol. The van der Waals surface area contributed by atoms with E-state index in [2.05, 4.69) is 10.3 Å². The van der Waals surface area contributed by atoms with E-state index in [4.69, 9.17) is 9.84 Å². The number of pyridine rings is 1. The first kappa shape index (κ1) is 15.8. The molecule has 2 rings (SSSR count).